The molecule has 1 aliphatic rings. The monoisotopic (exact) mass is 283 g/mol. The molecule has 0 amide bonds. The minimum absolute atomic E-state index is 0.136. The van der Waals surface area contributed by atoms with Gasteiger partial charge in [0.05, 0.1) is 0 Å². The first-order valence-corrected chi connectivity index (χ1v) is 6.92. The second kappa shape index (κ2) is 6.31. The third kappa shape index (κ3) is 3.33. The van der Waals surface area contributed by atoms with E-state index in [4.69, 9.17) is 0 Å². The number of rotatable bonds is 4. The van der Waals surface area contributed by atoms with E-state index in [0.29, 0.717) is 18.9 Å². The molecule has 1 heterocycles. The summed E-state index contributed by atoms with van der Waals surface area (Å²) in [5.74, 6) is -1.49. The van der Waals surface area contributed by atoms with Gasteiger partial charge in [-0.25, -0.2) is 8.78 Å². The Bertz CT molecular complexity index is 493. The predicted molar refractivity (Wildman–Crippen MR) is 71.2 cm³/mol. The van der Waals surface area contributed by atoms with Crippen LogP contribution in [0.1, 0.15) is 31.7 Å². The molecule has 3 nitrogen and oxygen atoms in total. The molecule has 0 bridgehead atoms. The number of aliphatic carboxylic acids is 1. The van der Waals surface area contributed by atoms with E-state index in [1.807, 2.05) is 6.92 Å². The molecule has 1 aliphatic heterocycles. The van der Waals surface area contributed by atoms with E-state index in [9.17, 15) is 18.7 Å². The van der Waals surface area contributed by atoms with Gasteiger partial charge < -0.3 is 5.11 Å². The minimum Gasteiger partial charge on any atom is -0.480 e. The maximum absolute atomic E-state index is 13.7. The van der Waals surface area contributed by atoms with E-state index in [1.165, 1.54) is 0 Å². The molecule has 0 saturated carbocycles. The van der Waals surface area contributed by atoms with E-state index >= 15 is 0 Å². The quantitative estimate of drug-likeness (QED) is 0.923. The molecular weight excluding hydrogens is 264 g/mol. The number of likely N-dealkylation sites (tertiary alicyclic amines) is 1. The van der Waals surface area contributed by atoms with Crippen molar-refractivity contribution in [2.24, 2.45) is 5.92 Å². The van der Waals surface area contributed by atoms with Gasteiger partial charge in [-0.1, -0.05) is 13.3 Å². The van der Waals surface area contributed by atoms with Crippen molar-refractivity contribution in [3.8, 4) is 0 Å². The van der Waals surface area contributed by atoms with Crippen molar-refractivity contribution in [3.05, 3.63) is 35.4 Å². The maximum atomic E-state index is 13.7. The molecule has 1 N–H and O–H groups in total. The van der Waals surface area contributed by atoms with Crippen LogP contribution >= 0.6 is 0 Å². The highest BCUT2D eigenvalue weighted by atomic mass is 19.1. The largest absolute Gasteiger partial charge is 0.480 e. The fourth-order valence-electron chi connectivity index (χ4n) is 2.79. The molecular formula is C15H19F2NO2. The second-order valence-electron chi connectivity index (χ2n) is 5.36. The summed E-state index contributed by atoms with van der Waals surface area (Å²) in [6.07, 6.45) is 2.42. The number of carbonyl (C=O) groups is 1. The number of hydrogen-bond donors (Lipinski definition) is 1. The van der Waals surface area contributed by atoms with Crippen molar-refractivity contribution in [2.75, 3.05) is 6.54 Å². The van der Waals surface area contributed by atoms with Gasteiger partial charge in [0.15, 0.2) is 0 Å². The first-order valence-electron chi connectivity index (χ1n) is 6.92. The number of hydrogen-bond acceptors (Lipinski definition) is 2. The summed E-state index contributed by atoms with van der Waals surface area (Å²) >= 11 is 0. The highest BCUT2D eigenvalue weighted by Gasteiger charge is 2.32. The summed E-state index contributed by atoms with van der Waals surface area (Å²) in [6.45, 7) is 2.79. The van der Waals surface area contributed by atoms with E-state index < -0.39 is 23.6 Å². The Morgan fingerprint density at radius 1 is 1.45 bits per heavy atom. The van der Waals surface area contributed by atoms with Crippen LogP contribution in [0.5, 0.6) is 0 Å². The Hall–Kier alpha value is -1.49. The number of nitrogens with zero attached hydrogens (tertiary/aromatic N) is 1. The number of carboxylic acid groups (broad SMARTS) is 1. The fraction of sp³-hybridized carbons (Fsp3) is 0.533. The van der Waals surface area contributed by atoms with E-state index in [-0.39, 0.29) is 12.1 Å². The molecule has 0 spiro atoms. The number of piperidine rings is 1. The fourth-order valence-corrected chi connectivity index (χ4v) is 2.79. The Morgan fingerprint density at radius 3 is 2.85 bits per heavy atom. The van der Waals surface area contributed by atoms with Gasteiger partial charge in [-0.05, 0) is 43.5 Å². The molecule has 0 aromatic heterocycles. The zero-order valence-corrected chi connectivity index (χ0v) is 11.5. The van der Waals surface area contributed by atoms with Crippen LogP contribution in [0.4, 0.5) is 8.78 Å². The van der Waals surface area contributed by atoms with Crippen LogP contribution in [0.3, 0.4) is 0 Å². The lowest BCUT2D eigenvalue weighted by Gasteiger charge is -2.37. The molecule has 1 aromatic rings. The highest BCUT2D eigenvalue weighted by Crippen LogP contribution is 2.27. The standard InChI is InChI=1S/C15H19F2NO2/c1-2-10-5-6-18(14(7-10)15(19)20)9-11-8-12(16)3-4-13(11)17/h3-4,8,10,14H,2,5-7,9H2,1H3,(H,19,20). The molecule has 0 aliphatic carbocycles. The van der Waals surface area contributed by atoms with Crippen molar-refractivity contribution in [1.29, 1.82) is 0 Å². The third-order valence-corrected chi connectivity index (χ3v) is 4.07. The number of carboxylic acids is 1. The normalized spacial score (nSPS) is 23.8. The topological polar surface area (TPSA) is 40.5 Å². The van der Waals surface area contributed by atoms with Gasteiger partial charge in [0, 0.05) is 12.1 Å². The second-order valence-corrected chi connectivity index (χ2v) is 5.36. The Kier molecular flexibility index (Phi) is 4.70. The van der Waals surface area contributed by atoms with Crippen LogP contribution in [0.25, 0.3) is 0 Å². The van der Waals surface area contributed by atoms with Gasteiger partial charge in [-0.2, -0.15) is 0 Å². The molecule has 110 valence electrons. The van der Waals surface area contributed by atoms with Crippen LogP contribution < -0.4 is 0 Å². The van der Waals surface area contributed by atoms with Crippen molar-refractivity contribution < 1.29 is 18.7 Å². The van der Waals surface area contributed by atoms with Crippen molar-refractivity contribution in [1.82, 2.24) is 4.90 Å². The molecule has 2 rings (SSSR count). The number of benzene rings is 1. The average Bonchev–Trinajstić information content (AvgIpc) is 2.43. The smallest absolute Gasteiger partial charge is 0.320 e. The zero-order chi connectivity index (χ0) is 14.7. The molecule has 20 heavy (non-hydrogen) atoms. The average molecular weight is 283 g/mol. The molecule has 1 saturated heterocycles. The van der Waals surface area contributed by atoms with Crippen LogP contribution in [0.15, 0.2) is 18.2 Å². The SMILES string of the molecule is CCC1CCN(Cc2cc(F)ccc2F)C(C(=O)O)C1. The van der Waals surface area contributed by atoms with Gasteiger partial charge in [0.1, 0.15) is 17.7 Å². The number of halogens is 2. The molecule has 2 atom stereocenters. The van der Waals surface area contributed by atoms with Gasteiger partial charge in [-0.15, -0.1) is 0 Å². The molecule has 1 aromatic carbocycles. The van der Waals surface area contributed by atoms with E-state index in [2.05, 4.69) is 0 Å². The lowest BCUT2D eigenvalue weighted by atomic mass is 9.88. The summed E-state index contributed by atoms with van der Waals surface area (Å²) in [4.78, 5) is 13.1. The van der Waals surface area contributed by atoms with E-state index in [0.717, 1.165) is 31.0 Å². The summed E-state index contributed by atoms with van der Waals surface area (Å²) in [5.41, 5.74) is 0.214. The lowest BCUT2D eigenvalue weighted by Crippen LogP contribution is -2.46. The summed E-state index contributed by atoms with van der Waals surface area (Å²) in [6, 6.07) is 2.67. The first kappa shape index (κ1) is 14.9. The van der Waals surface area contributed by atoms with Gasteiger partial charge in [0.2, 0.25) is 0 Å². The highest BCUT2D eigenvalue weighted by molar-refractivity contribution is 5.73. The Morgan fingerprint density at radius 2 is 2.20 bits per heavy atom. The zero-order valence-electron chi connectivity index (χ0n) is 11.5. The molecule has 5 heteroatoms. The van der Waals surface area contributed by atoms with Crippen LogP contribution in [0.2, 0.25) is 0 Å². The molecule has 1 fully saturated rings. The predicted octanol–water partition coefficient (Wildman–Crippen LogP) is 3.04. The Balaban J connectivity index is 2.14. The first-order chi connectivity index (χ1) is 9.51. The van der Waals surface area contributed by atoms with Gasteiger partial charge in [0.25, 0.3) is 0 Å². The summed E-state index contributed by atoms with van der Waals surface area (Å²) in [5, 5.41) is 9.31. The van der Waals surface area contributed by atoms with Gasteiger partial charge in [-0.3, -0.25) is 9.69 Å². The molecule has 2 unspecified atom stereocenters. The van der Waals surface area contributed by atoms with Gasteiger partial charge >= 0.3 is 5.97 Å². The maximum Gasteiger partial charge on any atom is 0.320 e. The van der Waals surface area contributed by atoms with Crippen LogP contribution in [-0.4, -0.2) is 28.6 Å². The van der Waals surface area contributed by atoms with E-state index in [1.54, 1.807) is 4.90 Å². The van der Waals surface area contributed by atoms with Crippen LogP contribution in [-0.2, 0) is 11.3 Å². The Labute approximate surface area is 117 Å². The summed E-state index contributed by atoms with van der Waals surface area (Å²) in [7, 11) is 0. The lowest BCUT2D eigenvalue weighted by molar-refractivity contribution is -0.145. The van der Waals surface area contributed by atoms with Crippen molar-refractivity contribution >= 4 is 5.97 Å². The van der Waals surface area contributed by atoms with Crippen molar-refractivity contribution in [3.63, 3.8) is 0 Å². The van der Waals surface area contributed by atoms with Crippen molar-refractivity contribution in [2.45, 2.75) is 38.8 Å². The minimum atomic E-state index is -0.889. The van der Waals surface area contributed by atoms with Crippen LogP contribution in [0, 0.1) is 17.6 Å². The molecule has 0 radical (unpaired) electrons. The summed E-state index contributed by atoms with van der Waals surface area (Å²) < 4.78 is 26.8. The third-order valence-electron chi connectivity index (χ3n) is 4.07.